The SMILES string of the molecule is CCOC(=O)C(=O)Nc1ccc2ncn(Cc3ccc(Cl)c(Cl)c3)c(=O)n12. The van der Waals surface area contributed by atoms with Gasteiger partial charge < -0.3 is 10.1 Å². The number of benzene rings is 1. The average Bonchev–Trinajstić information content (AvgIpc) is 3.04. The quantitative estimate of drug-likeness (QED) is 0.528. The molecule has 1 N–H and O–H groups in total. The molecule has 0 unspecified atom stereocenters. The molecule has 0 atom stereocenters. The van der Waals surface area contributed by atoms with Gasteiger partial charge in [0.05, 0.1) is 23.2 Å². The summed E-state index contributed by atoms with van der Waals surface area (Å²) >= 11 is 11.9. The molecule has 0 fully saturated rings. The number of hydrogen-bond acceptors (Lipinski definition) is 5. The lowest BCUT2D eigenvalue weighted by molar-refractivity contribution is -0.152. The van der Waals surface area contributed by atoms with Crippen molar-refractivity contribution in [2.45, 2.75) is 13.5 Å². The van der Waals surface area contributed by atoms with E-state index in [1.807, 2.05) is 0 Å². The second kappa shape index (κ2) is 7.81. The van der Waals surface area contributed by atoms with Crippen LogP contribution in [0.5, 0.6) is 0 Å². The number of anilines is 1. The van der Waals surface area contributed by atoms with Crippen molar-refractivity contribution in [3.05, 3.63) is 62.8 Å². The van der Waals surface area contributed by atoms with Gasteiger partial charge in [0.1, 0.15) is 17.8 Å². The molecule has 0 saturated heterocycles. The molecule has 8 nitrogen and oxygen atoms in total. The number of nitrogens with zero attached hydrogens (tertiary/aromatic N) is 3. The van der Waals surface area contributed by atoms with E-state index in [4.69, 9.17) is 23.2 Å². The summed E-state index contributed by atoms with van der Waals surface area (Å²) < 4.78 is 7.16. The van der Waals surface area contributed by atoms with Crippen LogP contribution in [0.2, 0.25) is 10.0 Å². The second-order valence-corrected chi connectivity index (χ2v) is 6.30. The van der Waals surface area contributed by atoms with E-state index in [0.717, 1.165) is 5.56 Å². The first-order valence-electron chi connectivity index (χ1n) is 7.89. The van der Waals surface area contributed by atoms with Crippen molar-refractivity contribution in [1.82, 2.24) is 14.0 Å². The van der Waals surface area contributed by atoms with E-state index in [0.29, 0.717) is 15.7 Å². The first-order chi connectivity index (χ1) is 12.9. The number of halogens is 2. The van der Waals surface area contributed by atoms with Gasteiger partial charge in [0.25, 0.3) is 0 Å². The minimum absolute atomic E-state index is 0.0686. The van der Waals surface area contributed by atoms with E-state index in [2.05, 4.69) is 15.0 Å². The number of esters is 1. The number of carbonyl (C=O) groups excluding carboxylic acids is 2. The van der Waals surface area contributed by atoms with Gasteiger partial charge in [0, 0.05) is 0 Å². The van der Waals surface area contributed by atoms with Crippen LogP contribution in [0, 0.1) is 0 Å². The number of aromatic nitrogens is 3. The van der Waals surface area contributed by atoms with Crippen LogP contribution < -0.4 is 11.0 Å². The van der Waals surface area contributed by atoms with Crippen LogP contribution in [0.25, 0.3) is 5.65 Å². The van der Waals surface area contributed by atoms with Gasteiger partial charge in [-0.3, -0.25) is 9.36 Å². The zero-order valence-electron chi connectivity index (χ0n) is 14.1. The molecule has 1 aromatic carbocycles. The van der Waals surface area contributed by atoms with E-state index < -0.39 is 17.6 Å². The Morgan fingerprint density at radius 3 is 2.67 bits per heavy atom. The summed E-state index contributed by atoms with van der Waals surface area (Å²) in [5, 5.41) is 3.14. The molecule has 0 aliphatic carbocycles. The van der Waals surface area contributed by atoms with Crippen LogP contribution in [0.1, 0.15) is 12.5 Å². The third-order valence-electron chi connectivity index (χ3n) is 3.67. The van der Waals surface area contributed by atoms with Crippen molar-refractivity contribution in [2.75, 3.05) is 11.9 Å². The molecule has 0 bridgehead atoms. The van der Waals surface area contributed by atoms with E-state index >= 15 is 0 Å². The van der Waals surface area contributed by atoms with Gasteiger partial charge >= 0.3 is 17.6 Å². The maximum atomic E-state index is 12.8. The number of carbonyl (C=O) groups is 2. The molecule has 3 rings (SSSR count). The highest BCUT2D eigenvalue weighted by Gasteiger charge is 2.18. The van der Waals surface area contributed by atoms with E-state index in [1.165, 1.54) is 21.4 Å². The number of rotatable bonds is 4. The molecule has 27 heavy (non-hydrogen) atoms. The highest BCUT2D eigenvalue weighted by Crippen LogP contribution is 2.22. The van der Waals surface area contributed by atoms with Gasteiger partial charge in [-0.05, 0) is 36.8 Å². The van der Waals surface area contributed by atoms with E-state index in [-0.39, 0.29) is 19.0 Å². The van der Waals surface area contributed by atoms with Crippen LogP contribution in [0.3, 0.4) is 0 Å². The smallest absolute Gasteiger partial charge is 0.397 e. The van der Waals surface area contributed by atoms with Gasteiger partial charge in [0.2, 0.25) is 0 Å². The predicted octanol–water partition coefficient (Wildman–Crippen LogP) is 2.35. The molecule has 1 amide bonds. The van der Waals surface area contributed by atoms with Crippen molar-refractivity contribution in [2.24, 2.45) is 0 Å². The van der Waals surface area contributed by atoms with Crippen molar-refractivity contribution >= 4 is 46.5 Å². The Labute approximate surface area is 163 Å². The molecular weight excluding hydrogens is 395 g/mol. The fourth-order valence-corrected chi connectivity index (χ4v) is 2.76. The van der Waals surface area contributed by atoms with Gasteiger partial charge in [-0.2, -0.15) is 0 Å². The Hall–Kier alpha value is -2.84. The second-order valence-electron chi connectivity index (χ2n) is 5.49. The normalized spacial score (nSPS) is 10.8. The summed E-state index contributed by atoms with van der Waals surface area (Å²) in [5.74, 6) is -1.90. The number of amides is 1. The summed E-state index contributed by atoms with van der Waals surface area (Å²) in [6, 6.07) is 8.05. The topological polar surface area (TPSA) is 94.7 Å². The number of fused-ring (bicyclic) bond motifs is 1. The van der Waals surface area contributed by atoms with Crippen molar-refractivity contribution in [3.8, 4) is 0 Å². The Kier molecular flexibility index (Phi) is 5.48. The Morgan fingerprint density at radius 1 is 1.19 bits per heavy atom. The molecule has 2 heterocycles. The highest BCUT2D eigenvalue weighted by atomic mass is 35.5. The molecule has 10 heteroatoms. The monoisotopic (exact) mass is 408 g/mol. The van der Waals surface area contributed by atoms with Gasteiger partial charge in [-0.25, -0.2) is 19.0 Å². The fraction of sp³-hybridized carbons (Fsp3) is 0.176. The summed E-state index contributed by atoms with van der Waals surface area (Å²) in [6.07, 6.45) is 1.39. The lowest BCUT2D eigenvalue weighted by Gasteiger charge is -2.09. The largest absolute Gasteiger partial charge is 0.459 e. The number of ether oxygens (including phenoxy) is 1. The van der Waals surface area contributed by atoms with Crippen molar-refractivity contribution in [1.29, 1.82) is 0 Å². The fourth-order valence-electron chi connectivity index (χ4n) is 2.44. The van der Waals surface area contributed by atoms with Crippen LogP contribution >= 0.6 is 23.2 Å². The minimum atomic E-state index is -1.03. The molecule has 0 aliphatic heterocycles. The molecule has 2 aromatic heterocycles. The number of hydrogen-bond donors (Lipinski definition) is 1. The van der Waals surface area contributed by atoms with Gasteiger partial charge in [-0.15, -0.1) is 0 Å². The lowest BCUT2D eigenvalue weighted by Crippen LogP contribution is -2.31. The van der Waals surface area contributed by atoms with Gasteiger partial charge in [0.15, 0.2) is 0 Å². The van der Waals surface area contributed by atoms with Crippen LogP contribution in [0.15, 0.2) is 41.5 Å². The Balaban J connectivity index is 1.94. The summed E-state index contributed by atoms with van der Waals surface area (Å²) in [4.78, 5) is 40.3. The zero-order chi connectivity index (χ0) is 19.6. The summed E-state index contributed by atoms with van der Waals surface area (Å²) in [7, 11) is 0. The van der Waals surface area contributed by atoms with Crippen LogP contribution in [-0.2, 0) is 20.9 Å². The molecule has 0 radical (unpaired) electrons. The molecular formula is C17H14Cl2N4O4. The zero-order valence-corrected chi connectivity index (χ0v) is 15.6. The maximum Gasteiger partial charge on any atom is 0.397 e. The Morgan fingerprint density at radius 2 is 1.96 bits per heavy atom. The highest BCUT2D eigenvalue weighted by molar-refractivity contribution is 6.42. The third kappa shape index (κ3) is 3.96. The lowest BCUT2D eigenvalue weighted by atomic mass is 10.2. The van der Waals surface area contributed by atoms with Gasteiger partial charge in [-0.1, -0.05) is 29.3 Å². The number of nitrogens with one attached hydrogen (secondary N) is 1. The predicted molar refractivity (Wildman–Crippen MR) is 100 cm³/mol. The standard InChI is InChI=1S/C17H14Cl2N4O4/c1-2-27-16(25)15(24)21-14-6-5-13-20-9-22(17(26)23(13)14)8-10-3-4-11(18)12(19)7-10/h3-7,9H,2,8H2,1H3,(H,21,24). The van der Waals surface area contributed by atoms with Crippen molar-refractivity contribution in [3.63, 3.8) is 0 Å². The summed E-state index contributed by atoms with van der Waals surface area (Å²) in [6.45, 7) is 1.85. The maximum absolute atomic E-state index is 12.8. The molecule has 140 valence electrons. The first-order valence-corrected chi connectivity index (χ1v) is 8.65. The van der Waals surface area contributed by atoms with Crippen LogP contribution in [0.4, 0.5) is 5.82 Å². The van der Waals surface area contributed by atoms with E-state index in [1.54, 1.807) is 31.2 Å². The molecule has 0 spiro atoms. The van der Waals surface area contributed by atoms with E-state index in [9.17, 15) is 14.4 Å². The molecule has 0 saturated carbocycles. The van der Waals surface area contributed by atoms with Crippen molar-refractivity contribution < 1.29 is 14.3 Å². The average molecular weight is 409 g/mol. The summed E-state index contributed by atoms with van der Waals surface area (Å²) in [5.41, 5.74) is 0.622. The molecule has 3 aromatic rings. The first kappa shape index (κ1) is 18.9. The minimum Gasteiger partial charge on any atom is -0.459 e. The Bertz CT molecular complexity index is 1090. The third-order valence-corrected chi connectivity index (χ3v) is 4.41. The molecule has 0 aliphatic rings. The van der Waals surface area contributed by atoms with Crippen LogP contribution in [-0.4, -0.2) is 32.4 Å².